The summed E-state index contributed by atoms with van der Waals surface area (Å²) in [6.45, 7) is 0.667. The molecular formula is C14H15NO4S. The molecule has 0 amide bonds. The lowest BCUT2D eigenvalue weighted by molar-refractivity contribution is 0.0697. The van der Waals surface area contributed by atoms with Crippen molar-refractivity contribution in [3.05, 3.63) is 45.9 Å². The number of hydrogen-bond donors (Lipinski definition) is 1. The third kappa shape index (κ3) is 3.79. The molecular weight excluding hydrogens is 278 g/mol. The number of benzene rings is 1. The number of carboxylic acids is 1. The number of rotatable bonds is 7. The maximum atomic E-state index is 11.1. The van der Waals surface area contributed by atoms with Crippen LogP contribution in [0.25, 0.3) is 0 Å². The number of carbonyl (C=O) groups is 1. The van der Waals surface area contributed by atoms with Crippen molar-refractivity contribution in [2.75, 3.05) is 13.7 Å². The zero-order chi connectivity index (χ0) is 14.4. The fourth-order valence-electron chi connectivity index (χ4n) is 1.68. The molecule has 1 aromatic heterocycles. The predicted molar refractivity (Wildman–Crippen MR) is 75.4 cm³/mol. The third-order valence-corrected chi connectivity index (χ3v) is 3.69. The molecule has 0 saturated carbocycles. The second-order valence-electron chi connectivity index (χ2n) is 4.03. The van der Waals surface area contributed by atoms with E-state index in [1.807, 2.05) is 30.3 Å². The summed E-state index contributed by atoms with van der Waals surface area (Å²) < 4.78 is 10.5. The molecule has 0 aliphatic rings. The van der Waals surface area contributed by atoms with Crippen LogP contribution in [0.2, 0.25) is 0 Å². The molecule has 20 heavy (non-hydrogen) atoms. The van der Waals surface area contributed by atoms with E-state index in [0.29, 0.717) is 18.7 Å². The van der Waals surface area contributed by atoms with E-state index in [4.69, 9.17) is 14.6 Å². The van der Waals surface area contributed by atoms with Crippen LogP contribution in [-0.2, 0) is 17.8 Å². The highest BCUT2D eigenvalue weighted by Crippen LogP contribution is 2.20. The molecule has 0 aliphatic heterocycles. The highest BCUT2D eigenvalue weighted by molar-refractivity contribution is 7.13. The van der Waals surface area contributed by atoms with E-state index in [2.05, 4.69) is 4.98 Å². The molecule has 2 rings (SSSR count). The predicted octanol–water partition coefficient (Wildman–Crippen LogP) is 2.61. The van der Waals surface area contributed by atoms with E-state index in [1.54, 1.807) is 0 Å². The number of ether oxygens (including phenoxy) is 2. The molecule has 1 heterocycles. The molecule has 6 heteroatoms. The zero-order valence-electron chi connectivity index (χ0n) is 11.0. The van der Waals surface area contributed by atoms with Crippen LogP contribution in [0, 0.1) is 0 Å². The van der Waals surface area contributed by atoms with E-state index in [1.165, 1.54) is 18.4 Å². The first-order valence-electron chi connectivity index (χ1n) is 6.09. The van der Waals surface area contributed by atoms with Crippen molar-refractivity contribution >= 4 is 17.3 Å². The first-order valence-corrected chi connectivity index (χ1v) is 6.91. The van der Waals surface area contributed by atoms with E-state index in [9.17, 15) is 4.79 Å². The standard InChI is InChI=1S/C14H15NO4S/c1-18-9-11-13(14(16)17)20-12(15-11)7-8-19-10-5-3-2-4-6-10/h2-6H,7-9H2,1H3,(H,16,17). The van der Waals surface area contributed by atoms with Crippen molar-refractivity contribution in [1.29, 1.82) is 0 Å². The number of thiazole rings is 1. The maximum Gasteiger partial charge on any atom is 0.347 e. The molecule has 0 atom stereocenters. The summed E-state index contributed by atoms with van der Waals surface area (Å²) in [6, 6.07) is 9.47. The van der Waals surface area contributed by atoms with Gasteiger partial charge in [-0.1, -0.05) is 18.2 Å². The van der Waals surface area contributed by atoms with E-state index < -0.39 is 5.97 Å². The van der Waals surface area contributed by atoms with Gasteiger partial charge in [0.25, 0.3) is 0 Å². The van der Waals surface area contributed by atoms with Crippen LogP contribution < -0.4 is 4.74 Å². The van der Waals surface area contributed by atoms with Gasteiger partial charge in [-0.2, -0.15) is 0 Å². The molecule has 1 N–H and O–H groups in total. The Morgan fingerprint density at radius 3 is 2.75 bits per heavy atom. The highest BCUT2D eigenvalue weighted by Gasteiger charge is 2.16. The fraction of sp³-hybridized carbons (Fsp3) is 0.286. The number of para-hydroxylation sites is 1. The van der Waals surface area contributed by atoms with Crippen molar-refractivity contribution in [2.45, 2.75) is 13.0 Å². The van der Waals surface area contributed by atoms with Gasteiger partial charge in [-0.3, -0.25) is 0 Å². The maximum absolute atomic E-state index is 11.1. The SMILES string of the molecule is COCc1nc(CCOc2ccccc2)sc1C(=O)O. The van der Waals surface area contributed by atoms with Gasteiger partial charge in [-0.05, 0) is 12.1 Å². The number of methoxy groups -OCH3 is 1. The minimum absolute atomic E-state index is 0.206. The van der Waals surface area contributed by atoms with Gasteiger partial charge in [0, 0.05) is 13.5 Å². The van der Waals surface area contributed by atoms with Gasteiger partial charge in [0.15, 0.2) is 0 Å². The Kier molecular flexibility index (Phi) is 5.09. The molecule has 0 spiro atoms. The van der Waals surface area contributed by atoms with Crippen molar-refractivity contribution in [3.8, 4) is 5.75 Å². The summed E-state index contributed by atoms with van der Waals surface area (Å²) in [7, 11) is 1.52. The Morgan fingerprint density at radius 1 is 1.35 bits per heavy atom. The largest absolute Gasteiger partial charge is 0.493 e. The van der Waals surface area contributed by atoms with Crippen LogP contribution in [0.15, 0.2) is 30.3 Å². The lowest BCUT2D eigenvalue weighted by atomic mass is 10.3. The average molecular weight is 293 g/mol. The molecule has 0 fully saturated rings. The zero-order valence-corrected chi connectivity index (χ0v) is 11.9. The van der Waals surface area contributed by atoms with Crippen molar-refractivity contribution < 1.29 is 19.4 Å². The minimum atomic E-state index is -0.968. The normalized spacial score (nSPS) is 10.4. The highest BCUT2D eigenvalue weighted by atomic mass is 32.1. The van der Waals surface area contributed by atoms with Crippen LogP contribution in [0.4, 0.5) is 0 Å². The van der Waals surface area contributed by atoms with Crippen LogP contribution in [0.5, 0.6) is 5.75 Å². The second kappa shape index (κ2) is 7.02. The molecule has 106 valence electrons. The summed E-state index contributed by atoms with van der Waals surface area (Å²) in [5.74, 6) is -0.176. The van der Waals surface area contributed by atoms with Crippen molar-refractivity contribution in [1.82, 2.24) is 4.98 Å². The smallest absolute Gasteiger partial charge is 0.347 e. The molecule has 0 aliphatic carbocycles. The molecule has 2 aromatic rings. The van der Waals surface area contributed by atoms with Crippen LogP contribution in [0.1, 0.15) is 20.4 Å². The monoisotopic (exact) mass is 293 g/mol. The number of carboxylic acid groups (broad SMARTS) is 1. The van der Waals surface area contributed by atoms with Gasteiger partial charge >= 0.3 is 5.97 Å². The van der Waals surface area contributed by atoms with Gasteiger partial charge in [0.1, 0.15) is 10.6 Å². The Bertz CT molecular complexity index is 568. The number of hydrogen-bond acceptors (Lipinski definition) is 5. The molecule has 1 aromatic carbocycles. The molecule has 0 bridgehead atoms. The summed E-state index contributed by atoms with van der Waals surface area (Å²) >= 11 is 1.17. The molecule has 0 unspecified atom stereocenters. The van der Waals surface area contributed by atoms with Crippen molar-refractivity contribution in [2.24, 2.45) is 0 Å². The Labute approximate surface area is 120 Å². The van der Waals surface area contributed by atoms with E-state index in [-0.39, 0.29) is 11.5 Å². The van der Waals surface area contributed by atoms with E-state index >= 15 is 0 Å². The third-order valence-electron chi connectivity index (χ3n) is 2.54. The van der Waals surface area contributed by atoms with Crippen LogP contribution in [0.3, 0.4) is 0 Å². The van der Waals surface area contributed by atoms with Crippen molar-refractivity contribution in [3.63, 3.8) is 0 Å². The molecule has 5 nitrogen and oxygen atoms in total. The van der Waals surface area contributed by atoms with E-state index in [0.717, 1.165) is 10.8 Å². The van der Waals surface area contributed by atoms with Gasteiger partial charge in [0.2, 0.25) is 0 Å². The number of aromatic carboxylic acids is 1. The summed E-state index contributed by atoms with van der Waals surface area (Å²) in [4.78, 5) is 15.6. The lowest BCUT2D eigenvalue weighted by Crippen LogP contribution is -2.01. The lowest BCUT2D eigenvalue weighted by Gasteiger charge is -2.03. The minimum Gasteiger partial charge on any atom is -0.493 e. The Balaban J connectivity index is 1.96. The average Bonchev–Trinajstić information content (AvgIpc) is 2.84. The summed E-state index contributed by atoms with van der Waals surface area (Å²) in [5.41, 5.74) is 0.472. The first kappa shape index (κ1) is 14.5. The summed E-state index contributed by atoms with van der Waals surface area (Å²) in [6.07, 6.45) is 0.573. The first-order chi connectivity index (χ1) is 9.70. The van der Waals surface area contributed by atoms with Gasteiger partial charge < -0.3 is 14.6 Å². The van der Waals surface area contributed by atoms with Crippen LogP contribution in [-0.4, -0.2) is 29.8 Å². The van der Waals surface area contributed by atoms with Crippen LogP contribution >= 0.6 is 11.3 Å². The summed E-state index contributed by atoms with van der Waals surface area (Å²) in [5, 5.41) is 9.83. The van der Waals surface area contributed by atoms with Gasteiger partial charge in [-0.25, -0.2) is 9.78 Å². The second-order valence-corrected chi connectivity index (χ2v) is 5.12. The Hall–Kier alpha value is -1.92. The topological polar surface area (TPSA) is 68.7 Å². The van der Waals surface area contributed by atoms with Gasteiger partial charge in [0.05, 0.1) is 23.9 Å². The number of aromatic nitrogens is 1. The molecule has 0 saturated heterocycles. The fourth-order valence-corrected chi connectivity index (χ4v) is 2.57. The Morgan fingerprint density at radius 2 is 2.10 bits per heavy atom. The number of nitrogens with zero attached hydrogens (tertiary/aromatic N) is 1. The quantitative estimate of drug-likeness (QED) is 0.850. The van der Waals surface area contributed by atoms with Gasteiger partial charge in [-0.15, -0.1) is 11.3 Å². The molecule has 0 radical (unpaired) electrons.